The summed E-state index contributed by atoms with van der Waals surface area (Å²) in [6, 6.07) is 1.64. The number of methoxy groups -OCH3 is 1. The van der Waals surface area contributed by atoms with E-state index in [-0.39, 0.29) is 13.1 Å². The fourth-order valence-corrected chi connectivity index (χ4v) is 2.47. The summed E-state index contributed by atoms with van der Waals surface area (Å²) in [7, 11) is 1.50. The van der Waals surface area contributed by atoms with Crippen LogP contribution in [0.1, 0.15) is 12.0 Å². The molecule has 2 N–H and O–H groups in total. The Bertz CT molecular complexity index is 596. The van der Waals surface area contributed by atoms with Crippen molar-refractivity contribution in [3.8, 4) is 0 Å². The van der Waals surface area contributed by atoms with Crippen LogP contribution in [0, 0.1) is 11.6 Å². The standard InChI is InChI=1S/C15H19F2N3O3/c1-23-6-4-18-15(22)19-14(21)9-20-5-2-3-10-7-11(16)12(17)8-13(10)20/h7-8H,2-6,9H2,1H3,(H2,18,19,21,22). The molecule has 0 atom stereocenters. The quantitative estimate of drug-likeness (QED) is 0.797. The van der Waals surface area contributed by atoms with E-state index >= 15 is 0 Å². The lowest BCUT2D eigenvalue weighted by Gasteiger charge is -2.30. The van der Waals surface area contributed by atoms with Gasteiger partial charge in [-0.25, -0.2) is 13.6 Å². The summed E-state index contributed by atoms with van der Waals surface area (Å²) in [5.74, 6) is -2.36. The van der Waals surface area contributed by atoms with E-state index in [9.17, 15) is 18.4 Å². The molecule has 0 fully saturated rings. The number of urea groups is 1. The highest BCUT2D eigenvalue weighted by atomic mass is 19.2. The molecular formula is C15H19F2N3O3. The van der Waals surface area contributed by atoms with Crippen molar-refractivity contribution in [2.24, 2.45) is 0 Å². The molecule has 0 aromatic heterocycles. The average Bonchev–Trinajstić information content (AvgIpc) is 2.49. The monoisotopic (exact) mass is 327 g/mol. The summed E-state index contributed by atoms with van der Waals surface area (Å²) in [5, 5.41) is 4.65. The number of nitrogens with one attached hydrogen (secondary N) is 2. The number of imide groups is 1. The average molecular weight is 327 g/mol. The fourth-order valence-electron chi connectivity index (χ4n) is 2.47. The Balaban J connectivity index is 1.95. The molecule has 1 aromatic carbocycles. The third kappa shape index (κ3) is 4.62. The van der Waals surface area contributed by atoms with Gasteiger partial charge in [0, 0.05) is 32.0 Å². The number of anilines is 1. The van der Waals surface area contributed by atoms with Crippen LogP contribution in [0.3, 0.4) is 0 Å². The maximum atomic E-state index is 13.4. The number of benzene rings is 1. The fraction of sp³-hybridized carbons (Fsp3) is 0.467. The summed E-state index contributed by atoms with van der Waals surface area (Å²) in [6.07, 6.45) is 1.35. The summed E-state index contributed by atoms with van der Waals surface area (Å²) in [6.45, 7) is 1.06. The highest BCUT2D eigenvalue weighted by molar-refractivity contribution is 5.96. The number of hydrogen-bond donors (Lipinski definition) is 2. The number of aryl methyl sites for hydroxylation is 1. The second-order valence-electron chi connectivity index (χ2n) is 5.22. The smallest absolute Gasteiger partial charge is 0.321 e. The number of halogens is 2. The first-order valence-electron chi connectivity index (χ1n) is 7.30. The second-order valence-corrected chi connectivity index (χ2v) is 5.22. The molecule has 1 heterocycles. The normalized spacial score (nSPS) is 13.4. The van der Waals surface area contributed by atoms with Crippen molar-refractivity contribution >= 4 is 17.6 Å². The van der Waals surface area contributed by atoms with Crippen LogP contribution >= 0.6 is 0 Å². The van der Waals surface area contributed by atoms with Gasteiger partial charge in [-0.1, -0.05) is 0 Å². The SMILES string of the molecule is COCCNC(=O)NC(=O)CN1CCCc2cc(F)c(F)cc21. The first-order chi connectivity index (χ1) is 11.0. The van der Waals surface area contributed by atoms with Crippen LogP contribution in [0.15, 0.2) is 12.1 Å². The zero-order valence-corrected chi connectivity index (χ0v) is 12.8. The van der Waals surface area contributed by atoms with Gasteiger partial charge in [-0.15, -0.1) is 0 Å². The molecule has 1 aliphatic heterocycles. The minimum absolute atomic E-state index is 0.101. The molecule has 23 heavy (non-hydrogen) atoms. The van der Waals surface area contributed by atoms with E-state index in [1.165, 1.54) is 7.11 Å². The van der Waals surface area contributed by atoms with E-state index in [0.29, 0.717) is 30.8 Å². The van der Waals surface area contributed by atoms with Crippen LogP contribution in [-0.4, -0.2) is 45.3 Å². The Hall–Kier alpha value is -2.22. The minimum Gasteiger partial charge on any atom is -0.383 e. The van der Waals surface area contributed by atoms with Crippen LogP contribution in [0.5, 0.6) is 0 Å². The Morgan fingerprint density at radius 2 is 2.04 bits per heavy atom. The Morgan fingerprint density at radius 1 is 1.30 bits per heavy atom. The Morgan fingerprint density at radius 3 is 2.78 bits per heavy atom. The molecule has 0 radical (unpaired) electrons. The van der Waals surface area contributed by atoms with Crippen molar-refractivity contribution in [3.63, 3.8) is 0 Å². The maximum Gasteiger partial charge on any atom is 0.321 e. The van der Waals surface area contributed by atoms with Gasteiger partial charge in [-0.05, 0) is 24.5 Å². The molecule has 0 unspecified atom stereocenters. The molecule has 0 bridgehead atoms. The van der Waals surface area contributed by atoms with Crippen molar-refractivity contribution in [1.29, 1.82) is 0 Å². The van der Waals surface area contributed by atoms with Gasteiger partial charge in [0.2, 0.25) is 5.91 Å². The van der Waals surface area contributed by atoms with E-state index in [1.54, 1.807) is 4.90 Å². The maximum absolute atomic E-state index is 13.4. The van der Waals surface area contributed by atoms with E-state index in [2.05, 4.69) is 10.6 Å². The molecule has 1 aromatic rings. The van der Waals surface area contributed by atoms with Gasteiger partial charge in [0.25, 0.3) is 0 Å². The van der Waals surface area contributed by atoms with Gasteiger partial charge in [-0.3, -0.25) is 10.1 Å². The molecule has 6 nitrogen and oxygen atoms in total. The molecule has 3 amide bonds. The predicted molar refractivity (Wildman–Crippen MR) is 80.3 cm³/mol. The van der Waals surface area contributed by atoms with Gasteiger partial charge in [0.15, 0.2) is 11.6 Å². The highest BCUT2D eigenvalue weighted by Crippen LogP contribution is 2.29. The minimum atomic E-state index is -0.951. The number of hydrogen-bond acceptors (Lipinski definition) is 4. The van der Waals surface area contributed by atoms with Crippen molar-refractivity contribution in [3.05, 3.63) is 29.3 Å². The van der Waals surface area contributed by atoms with E-state index in [4.69, 9.17) is 4.74 Å². The van der Waals surface area contributed by atoms with Crippen LogP contribution in [0.4, 0.5) is 19.3 Å². The van der Waals surface area contributed by atoms with Crippen molar-refractivity contribution in [1.82, 2.24) is 10.6 Å². The van der Waals surface area contributed by atoms with Gasteiger partial charge < -0.3 is 15.0 Å². The Kier molecular flexibility index (Phi) is 5.86. The van der Waals surface area contributed by atoms with Crippen molar-refractivity contribution < 1.29 is 23.1 Å². The molecular weight excluding hydrogens is 308 g/mol. The molecule has 0 aliphatic carbocycles. The third-order valence-electron chi connectivity index (χ3n) is 3.52. The zero-order chi connectivity index (χ0) is 16.8. The predicted octanol–water partition coefficient (Wildman–Crippen LogP) is 1.19. The number of ether oxygens (including phenoxy) is 1. The first-order valence-corrected chi connectivity index (χ1v) is 7.30. The second kappa shape index (κ2) is 7.87. The lowest BCUT2D eigenvalue weighted by molar-refractivity contribution is -0.118. The van der Waals surface area contributed by atoms with E-state index in [1.807, 2.05) is 0 Å². The van der Waals surface area contributed by atoms with Crippen LogP contribution < -0.4 is 15.5 Å². The van der Waals surface area contributed by atoms with Gasteiger partial charge in [0.05, 0.1) is 13.2 Å². The molecule has 2 rings (SSSR count). The molecule has 0 spiro atoms. The van der Waals surface area contributed by atoms with E-state index in [0.717, 1.165) is 18.6 Å². The van der Waals surface area contributed by atoms with Crippen LogP contribution in [0.25, 0.3) is 0 Å². The first kappa shape index (κ1) is 17.1. The lowest BCUT2D eigenvalue weighted by atomic mass is 10.0. The van der Waals surface area contributed by atoms with Gasteiger partial charge >= 0.3 is 6.03 Å². The van der Waals surface area contributed by atoms with Crippen LogP contribution in [-0.2, 0) is 16.0 Å². The highest BCUT2D eigenvalue weighted by Gasteiger charge is 2.22. The Labute approximate surface area is 132 Å². The lowest BCUT2D eigenvalue weighted by Crippen LogP contribution is -2.46. The van der Waals surface area contributed by atoms with Gasteiger partial charge in [-0.2, -0.15) is 0 Å². The summed E-state index contributed by atoms with van der Waals surface area (Å²) >= 11 is 0. The number of nitrogens with zero attached hydrogens (tertiary/aromatic N) is 1. The van der Waals surface area contributed by atoms with Crippen molar-refractivity contribution in [2.45, 2.75) is 12.8 Å². The molecule has 0 saturated carbocycles. The summed E-state index contributed by atoms with van der Waals surface area (Å²) in [4.78, 5) is 25.0. The number of amides is 3. The third-order valence-corrected chi connectivity index (χ3v) is 3.52. The number of carbonyl (C=O) groups is 2. The molecule has 0 saturated heterocycles. The largest absolute Gasteiger partial charge is 0.383 e. The molecule has 8 heteroatoms. The van der Waals surface area contributed by atoms with Crippen LogP contribution in [0.2, 0.25) is 0 Å². The summed E-state index contributed by atoms with van der Waals surface area (Å²) in [5.41, 5.74) is 1.15. The van der Waals surface area contributed by atoms with Gasteiger partial charge in [0.1, 0.15) is 0 Å². The van der Waals surface area contributed by atoms with E-state index < -0.39 is 23.6 Å². The number of rotatable bonds is 5. The summed E-state index contributed by atoms with van der Waals surface area (Å²) < 4.78 is 31.5. The van der Waals surface area contributed by atoms with Crippen molar-refractivity contribution in [2.75, 3.05) is 38.3 Å². The number of carbonyl (C=O) groups excluding carboxylic acids is 2. The molecule has 126 valence electrons. The number of fused-ring (bicyclic) bond motifs is 1. The zero-order valence-electron chi connectivity index (χ0n) is 12.8. The topological polar surface area (TPSA) is 70.7 Å². The molecule has 1 aliphatic rings.